The van der Waals surface area contributed by atoms with Crippen molar-refractivity contribution in [2.45, 2.75) is 6.42 Å². The summed E-state index contributed by atoms with van der Waals surface area (Å²) in [6.45, 7) is 0.332. The van der Waals surface area contributed by atoms with Gasteiger partial charge in [-0.15, -0.1) is 0 Å². The quantitative estimate of drug-likeness (QED) is 0.592. The molecule has 4 rings (SSSR count). The van der Waals surface area contributed by atoms with E-state index in [1.807, 2.05) is 0 Å². The van der Waals surface area contributed by atoms with E-state index < -0.39 is 11.5 Å². The number of H-pyrrole nitrogens is 1. The van der Waals surface area contributed by atoms with Crippen molar-refractivity contribution in [3.8, 4) is 0 Å². The van der Waals surface area contributed by atoms with Crippen LogP contribution >= 0.6 is 0 Å². The molecule has 2 aromatic heterocycles. The highest BCUT2D eigenvalue weighted by molar-refractivity contribution is 5.95. The highest BCUT2D eigenvalue weighted by atomic mass is 19.1. The van der Waals surface area contributed by atoms with Crippen LogP contribution in [0.4, 0.5) is 4.39 Å². The van der Waals surface area contributed by atoms with Crippen LogP contribution in [-0.2, 0) is 6.42 Å². The molecule has 0 saturated carbocycles. The largest absolute Gasteiger partial charge is 0.417 e. The number of halogens is 1. The van der Waals surface area contributed by atoms with E-state index in [0.29, 0.717) is 23.7 Å². The van der Waals surface area contributed by atoms with Crippen molar-refractivity contribution < 1.29 is 13.6 Å². The Hall–Kier alpha value is -3.41. The van der Waals surface area contributed by atoms with Crippen molar-refractivity contribution in [2.24, 2.45) is 0 Å². The standard InChI is InChI=1S/C20H15FN2O3/c21-14-5-6-17-16(10-14)13(11-23-17)7-8-22-19(24)18-9-12-3-1-2-4-15(12)20(25)26-18/h1-6,9-11,23H,7-8H2,(H,22,24). The molecule has 0 saturated heterocycles. The van der Waals surface area contributed by atoms with Crippen molar-refractivity contribution in [3.05, 3.63) is 82.3 Å². The number of aromatic nitrogens is 1. The number of nitrogens with one attached hydrogen (secondary N) is 2. The summed E-state index contributed by atoms with van der Waals surface area (Å²) in [5.41, 5.74) is 1.20. The number of carbonyl (C=O) groups is 1. The van der Waals surface area contributed by atoms with Gasteiger partial charge in [-0.2, -0.15) is 0 Å². The van der Waals surface area contributed by atoms with E-state index in [0.717, 1.165) is 16.5 Å². The normalized spacial score (nSPS) is 11.1. The summed E-state index contributed by atoms with van der Waals surface area (Å²) < 4.78 is 18.5. The van der Waals surface area contributed by atoms with Gasteiger partial charge < -0.3 is 14.7 Å². The maximum atomic E-state index is 13.4. The minimum absolute atomic E-state index is 0.0290. The van der Waals surface area contributed by atoms with Gasteiger partial charge in [0, 0.05) is 23.6 Å². The fraction of sp³-hybridized carbons (Fsp3) is 0.100. The second-order valence-corrected chi connectivity index (χ2v) is 6.00. The highest BCUT2D eigenvalue weighted by Crippen LogP contribution is 2.19. The van der Waals surface area contributed by atoms with E-state index in [1.165, 1.54) is 12.1 Å². The maximum absolute atomic E-state index is 13.4. The summed E-state index contributed by atoms with van der Waals surface area (Å²) >= 11 is 0. The van der Waals surface area contributed by atoms with Gasteiger partial charge >= 0.3 is 5.63 Å². The zero-order valence-corrected chi connectivity index (χ0v) is 13.7. The molecule has 130 valence electrons. The first kappa shape index (κ1) is 16.1. The van der Waals surface area contributed by atoms with Crippen molar-refractivity contribution in [2.75, 3.05) is 6.54 Å². The molecule has 0 fully saturated rings. The van der Waals surface area contributed by atoms with Gasteiger partial charge in [-0.1, -0.05) is 18.2 Å². The van der Waals surface area contributed by atoms with Gasteiger partial charge in [0.1, 0.15) is 5.82 Å². The maximum Gasteiger partial charge on any atom is 0.344 e. The van der Waals surface area contributed by atoms with Crippen LogP contribution in [0.3, 0.4) is 0 Å². The third-order valence-corrected chi connectivity index (χ3v) is 4.30. The smallest absolute Gasteiger partial charge is 0.344 e. The van der Waals surface area contributed by atoms with Gasteiger partial charge in [0.15, 0.2) is 5.76 Å². The van der Waals surface area contributed by atoms with Crippen LogP contribution in [0.5, 0.6) is 0 Å². The molecule has 2 heterocycles. The molecule has 0 spiro atoms. The van der Waals surface area contributed by atoms with Gasteiger partial charge in [-0.3, -0.25) is 4.79 Å². The lowest BCUT2D eigenvalue weighted by atomic mass is 10.1. The second-order valence-electron chi connectivity index (χ2n) is 6.00. The minimum Gasteiger partial charge on any atom is -0.417 e. The first-order valence-corrected chi connectivity index (χ1v) is 8.18. The molecule has 0 atom stereocenters. The molecule has 4 aromatic rings. The van der Waals surface area contributed by atoms with Gasteiger partial charge in [-0.05, 0) is 47.7 Å². The summed E-state index contributed by atoms with van der Waals surface area (Å²) in [6.07, 6.45) is 2.32. The number of aromatic amines is 1. The first-order valence-electron chi connectivity index (χ1n) is 8.18. The molecular weight excluding hydrogens is 335 g/mol. The average molecular weight is 350 g/mol. The molecule has 0 aliphatic rings. The monoisotopic (exact) mass is 350 g/mol. The predicted molar refractivity (Wildman–Crippen MR) is 96.8 cm³/mol. The molecule has 6 heteroatoms. The molecule has 0 radical (unpaired) electrons. The summed E-state index contributed by atoms with van der Waals surface area (Å²) in [4.78, 5) is 27.3. The van der Waals surface area contributed by atoms with Crippen LogP contribution < -0.4 is 10.9 Å². The summed E-state index contributed by atoms with van der Waals surface area (Å²) in [6, 6.07) is 13.0. The fourth-order valence-corrected chi connectivity index (χ4v) is 3.00. The topological polar surface area (TPSA) is 75.1 Å². The van der Waals surface area contributed by atoms with Gasteiger partial charge in [-0.25, -0.2) is 9.18 Å². The lowest BCUT2D eigenvalue weighted by Crippen LogP contribution is -2.26. The zero-order valence-electron chi connectivity index (χ0n) is 13.7. The van der Waals surface area contributed by atoms with Gasteiger partial charge in [0.2, 0.25) is 0 Å². The lowest BCUT2D eigenvalue weighted by Gasteiger charge is -2.05. The van der Waals surface area contributed by atoms with Crippen molar-refractivity contribution in [1.29, 1.82) is 0 Å². The number of hydrogen-bond donors (Lipinski definition) is 2. The molecule has 0 unspecified atom stereocenters. The van der Waals surface area contributed by atoms with Gasteiger partial charge in [0.05, 0.1) is 5.39 Å². The summed E-state index contributed by atoms with van der Waals surface area (Å²) in [7, 11) is 0. The number of carbonyl (C=O) groups excluding carboxylic acids is 1. The van der Waals surface area contributed by atoms with E-state index in [-0.39, 0.29) is 11.6 Å². The Balaban J connectivity index is 1.48. The fourth-order valence-electron chi connectivity index (χ4n) is 3.00. The van der Waals surface area contributed by atoms with E-state index in [2.05, 4.69) is 10.3 Å². The van der Waals surface area contributed by atoms with E-state index >= 15 is 0 Å². The molecule has 2 aromatic carbocycles. The average Bonchev–Trinajstić information content (AvgIpc) is 3.04. The van der Waals surface area contributed by atoms with E-state index in [4.69, 9.17) is 4.42 Å². The zero-order chi connectivity index (χ0) is 18.1. The number of hydrogen-bond acceptors (Lipinski definition) is 3. The number of rotatable bonds is 4. The molecular formula is C20H15FN2O3. The predicted octanol–water partition coefficient (Wildman–Crippen LogP) is 3.39. The van der Waals surface area contributed by atoms with Crippen LogP contribution in [0, 0.1) is 5.82 Å². The van der Waals surface area contributed by atoms with Crippen LogP contribution in [-0.4, -0.2) is 17.4 Å². The van der Waals surface area contributed by atoms with Crippen molar-refractivity contribution in [3.63, 3.8) is 0 Å². The molecule has 5 nitrogen and oxygen atoms in total. The lowest BCUT2D eigenvalue weighted by molar-refractivity contribution is 0.0922. The number of amides is 1. The Labute approximate surface area is 147 Å². The van der Waals surface area contributed by atoms with Crippen LogP contribution in [0.25, 0.3) is 21.7 Å². The van der Waals surface area contributed by atoms with Gasteiger partial charge in [0.25, 0.3) is 5.91 Å². The molecule has 2 N–H and O–H groups in total. The van der Waals surface area contributed by atoms with Crippen molar-refractivity contribution >= 4 is 27.6 Å². The van der Waals surface area contributed by atoms with E-state index in [9.17, 15) is 14.0 Å². The first-order chi connectivity index (χ1) is 12.6. The van der Waals surface area contributed by atoms with Crippen LogP contribution in [0.1, 0.15) is 16.1 Å². The summed E-state index contributed by atoms with van der Waals surface area (Å²) in [5.74, 6) is -0.794. The van der Waals surface area contributed by atoms with Crippen molar-refractivity contribution in [1.82, 2.24) is 10.3 Å². The molecule has 0 aliphatic heterocycles. The highest BCUT2D eigenvalue weighted by Gasteiger charge is 2.12. The summed E-state index contributed by atoms with van der Waals surface area (Å²) in [5, 5.41) is 4.61. The molecule has 26 heavy (non-hydrogen) atoms. The molecule has 1 amide bonds. The van der Waals surface area contributed by atoms with Crippen LogP contribution in [0.2, 0.25) is 0 Å². The minimum atomic E-state index is -0.541. The molecule has 0 bridgehead atoms. The number of fused-ring (bicyclic) bond motifs is 2. The molecule has 0 aliphatic carbocycles. The SMILES string of the molecule is O=C(NCCc1c[nH]c2ccc(F)cc12)c1cc2ccccc2c(=O)o1. The second kappa shape index (κ2) is 6.48. The Morgan fingerprint density at radius 3 is 2.85 bits per heavy atom. The third kappa shape index (κ3) is 2.97. The Morgan fingerprint density at radius 1 is 1.12 bits per heavy atom. The third-order valence-electron chi connectivity index (χ3n) is 4.30. The Morgan fingerprint density at radius 2 is 1.96 bits per heavy atom. The van der Waals surface area contributed by atoms with E-state index in [1.54, 1.807) is 42.6 Å². The Kier molecular flexibility index (Phi) is 4.01. The number of benzene rings is 2. The van der Waals surface area contributed by atoms with Crippen LogP contribution in [0.15, 0.2) is 63.9 Å². The Bertz CT molecular complexity index is 1180.